The van der Waals surface area contributed by atoms with Crippen LogP contribution in [-0.2, 0) is 4.74 Å². The van der Waals surface area contributed by atoms with Gasteiger partial charge in [0.05, 0.1) is 6.10 Å². The Labute approximate surface area is 68.6 Å². The van der Waals surface area contributed by atoms with Gasteiger partial charge in [0.2, 0.25) is 0 Å². The molecule has 2 atom stereocenters. The number of hydrogen-bond acceptors (Lipinski definition) is 2. The van der Waals surface area contributed by atoms with Crippen molar-refractivity contribution in [3.8, 4) is 0 Å². The van der Waals surface area contributed by atoms with E-state index in [-0.39, 0.29) is 0 Å². The Bertz CT molecular complexity index is 104. The Kier molecular flexibility index (Phi) is 3.87. The topological polar surface area (TPSA) is 29.5 Å². The van der Waals surface area contributed by atoms with Gasteiger partial charge in [-0.05, 0) is 25.7 Å². The van der Waals surface area contributed by atoms with E-state index >= 15 is 0 Å². The van der Waals surface area contributed by atoms with Crippen molar-refractivity contribution < 1.29 is 9.84 Å². The Hall–Kier alpha value is -0.0800. The standard InChI is InChI=1S/C9H18O2/c1-2-3-5-8-6-4-7-9(10)11-8/h8-10H,2-7H2,1H3/t8-,9-/m1/s1. The van der Waals surface area contributed by atoms with Gasteiger partial charge in [-0.1, -0.05) is 19.8 Å². The van der Waals surface area contributed by atoms with Crippen molar-refractivity contribution in [1.82, 2.24) is 0 Å². The summed E-state index contributed by atoms with van der Waals surface area (Å²) in [6.45, 7) is 2.18. The van der Waals surface area contributed by atoms with Crippen LogP contribution < -0.4 is 0 Å². The molecule has 1 aliphatic heterocycles. The first kappa shape index (κ1) is 9.01. The van der Waals surface area contributed by atoms with Crippen molar-refractivity contribution in [3.63, 3.8) is 0 Å². The fourth-order valence-corrected chi connectivity index (χ4v) is 1.52. The predicted octanol–water partition coefficient (Wildman–Crippen LogP) is 2.06. The molecule has 1 rings (SSSR count). The number of hydrogen-bond donors (Lipinski definition) is 1. The van der Waals surface area contributed by atoms with Crippen molar-refractivity contribution in [1.29, 1.82) is 0 Å². The first-order valence-electron chi connectivity index (χ1n) is 4.66. The van der Waals surface area contributed by atoms with Crippen LogP contribution in [-0.4, -0.2) is 17.5 Å². The van der Waals surface area contributed by atoms with E-state index in [4.69, 9.17) is 9.84 Å². The molecule has 2 nitrogen and oxygen atoms in total. The maximum Gasteiger partial charge on any atom is 0.154 e. The van der Waals surface area contributed by atoms with Gasteiger partial charge >= 0.3 is 0 Å². The maximum absolute atomic E-state index is 9.16. The molecule has 2 heteroatoms. The highest BCUT2D eigenvalue weighted by molar-refractivity contribution is 4.64. The molecule has 0 bridgehead atoms. The summed E-state index contributed by atoms with van der Waals surface area (Å²) >= 11 is 0. The van der Waals surface area contributed by atoms with Gasteiger partial charge in [-0.25, -0.2) is 0 Å². The lowest BCUT2D eigenvalue weighted by Gasteiger charge is -2.26. The monoisotopic (exact) mass is 158 g/mol. The van der Waals surface area contributed by atoms with Gasteiger partial charge in [0.1, 0.15) is 0 Å². The summed E-state index contributed by atoms with van der Waals surface area (Å²) in [6, 6.07) is 0. The van der Waals surface area contributed by atoms with Crippen LogP contribution in [0.2, 0.25) is 0 Å². The second kappa shape index (κ2) is 4.73. The van der Waals surface area contributed by atoms with E-state index in [1.54, 1.807) is 0 Å². The molecule has 1 saturated heterocycles. The molecule has 66 valence electrons. The van der Waals surface area contributed by atoms with E-state index in [2.05, 4.69) is 6.92 Å². The molecule has 0 unspecified atom stereocenters. The van der Waals surface area contributed by atoms with Gasteiger partial charge in [-0.2, -0.15) is 0 Å². The molecular formula is C9H18O2. The number of unbranched alkanes of at least 4 members (excludes halogenated alkanes) is 1. The summed E-state index contributed by atoms with van der Waals surface area (Å²) in [5.41, 5.74) is 0. The van der Waals surface area contributed by atoms with Gasteiger partial charge in [-0.15, -0.1) is 0 Å². The third-order valence-electron chi connectivity index (χ3n) is 2.21. The number of rotatable bonds is 3. The second-order valence-corrected chi connectivity index (χ2v) is 3.29. The van der Waals surface area contributed by atoms with Crippen molar-refractivity contribution in [2.75, 3.05) is 0 Å². The molecule has 1 aliphatic rings. The van der Waals surface area contributed by atoms with Crippen LogP contribution >= 0.6 is 0 Å². The summed E-state index contributed by atoms with van der Waals surface area (Å²) in [5.74, 6) is 0. The van der Waals surface area contributed by atoms with Crippen LogP contribution in [0.5, 0.6) is 0 Å². The lowest BCUT2D eigenvalue weighted by atomic mass is 10.0. The molecule has 0 radical (unpaired) electrons. The number of aliphatic hydroxyl groups is 1. The van der Waals surface area contributed by atoms with Crippen molar-refractivity contribution in [3.05, 3.63) is 0 Å². The minimum Gasteiger partial charge on any atom is -0.368 e. The predicted molar refractivity (Wildman–Crippen MR) is 44.3 cm³/mol. The number of ether oxygens (including phenoxy) is 1. The highest BCUT2D eigenvalue weighted by Crippen LogP contribution is 2.20. The summed E-state index contributed by atoms with van der Waals surface area (Å²) in [4.78, 5) is 0. The Balaban J connectivity index is 2.12. The lowest BCUT2D eigenvalue weighted by Crippen LogP contribution is -2.26. The van der Waals surface area contributed by atoms with Crippen molar-refractivity contribution in [2.24, 2.45) is 0 Å². The molecule has 11 heavy (non-hydrogen) atoms. The van der Waals surface area contributed by atoms with Gasteiger partial charge < -0.3 is 9.84 Å². The first-order valence-corrected chi connectivity index (χ1v) is 4.66. The first-order chi connectivity index (χ1) is 5.33. The third kappa shape index (κ3) is 3.21. The van der Waals surface area contributed by atoms with Crippen molar-refractivity contribution in [2.45, 2.75) is 57.8 Å². The summed E-state index contributed by atoms with van der Waals surface area (Å²) in [5, 5.41) is 9.16. The summed E-state index contributed by atoms with van der Waals surface area (Å²) in [7, 11) is 0. The van der Waals surface area contributed by atoms with Crippen LogP contribution in [0.15, 0.2) is 0 Å². The van der Waals surface area contributed by atoms with Gasteiger partial charge in [0, 0.05) is 0 Å². The van der Waals surface area contributed by atoms with E-state index in [1.165, 1.54) is 12.8 Å². The average molecular weight is 158 g/mol. The van der Waals surface area contributed by atoms with Crippen molar-refractivity contribution >= 4 is 0 Å². The molecule has 0 aromatic carbocycles. The highest BCUT2D eigenvalue weighted by Gasteiger charge is 2.19. The largest absolute Gasteiger partial charge is 0.368 e. The van der Waals surface area contributed by atoms with Crippen LogP contribution in [0.25, 0.3) is 0 Å². The fourth-order valence-electron chi connectivity index (χ4n) is 1.52. The van der Waals surface area contributed by atoms with Crippen LogP contribution in [0.1, 0.15) is 45.4 Å². The Morgan fingerprint density at radius 3 is 2.91 bits per heavy atom. The summed E-state index contributed by atoms with van der Waals surface area (Å²) in [6.07, 6.45) is 6.49. The van der Waals surface area contributed by atoms with Crippen LogP contribution in [0, 0.1) is 0 Å². The van der Waals surface area contributed by atoms with Gasteiger partial charge in [-0.3, -0.25) is 0 Å². The molecule has 0 aromatic heterocycles. The third-order valence-corrected chi connectivity index (χ3v) is 2.21. The van der Waals surface area contributed by atoms with E-state index in [9.17, 15) is 0 Å². The van der Waals surface area contributed by atoms with Crippen LogP contribution in [0.3, 0.4) is 0 Å². The van der Waals surface area contributed by atoms with Crippen LogP contribution in [0.4, 0.5) is 0 Å². The minimum absolute atomic E-state index is 0.332. The van der Waals surface area contributed by atoms with E-state index < -0.39 is 6.29 Å². The molecule has 1 fully saturated rings. The normalized spacial score (nSPS) is 32.2. The molecule has 0 saturated carbocycles. The minimum atomic E-state index is -0.481. The second-order valence-electron chi connectivity index (χ2n) is 3.29. The molecule has 0 amide bonds. The zero-order valence-corrected chi connectivity index (χ0v) is 7.25. The maximum atomic E-state index is 9.16. The van der Waals surface area contributed by atoms with Gasteiger partial charge in [0.15, 0.2) is 6.29 Å². The molecule has 1 N–H and O–H groups in total. The number of aliphatic hydroxyl groups excluding tert-OH is 1. The Morgan fingerprint density at radius 2 is 2.27 bits per heavy atom. The fraction of sp³-hybridized carbons (Fsp3) is 1.00. The molecule has 0 spiro atoms. The van der Waals surface area contributed by atoms with E-state index in [0.717, 1.165) is 25.7 Å². The summed E-state index contributed by atoms with van der Waals surface area (Å²) < 4.78 is 5.34. The smallest absolute Gasteiger partial charge is 0.154 e. The van der Waals surface area contributed by atoms with E-state index in [0.29, 0.717) is 6.10 Å². The SMILES string of the molecule is CCCC[C@@H]1CCC[C@H](O)O1. The lowest BCUT2D eigenvalue weighted by molar-refractivity contribution is -0.164. The average Bonchev–Trinajstić information content (AvgIpc) is 2.01. The quantitative estimate of drug-likeness (QED) is 0.681. The molecular weight excluding hydrogens is 140 g/mol. The Morgan fingerprint density at radius 1 is 1.45 bits per heavy atom. The zero-order chi connectivity index (χ0) is 8.10. The highest BCUT2D eigenvalue weighted by atomic mass is 16.6. The molecule has 0 aromatic rings. The zero-order valence-electron chi connectivity index (χ0n) is 7.25. The molecule has 1 heterocycles. The molecule has 0 aliphatic carbocycles. The van der Waals surface area contributed by atoms with Gasteiger partial charge in [0.25, 0.3) is 0 Å². The van der Waals surface area contributed by atoms with E-state index in [1.807, 2.05) is 0 Å².